The molecule has 0 unspecified atom stereocenters. The van der Waals surface area contributed by atoms with E-state index >= 15 is 0 Å². The van der Waals surface area contributed by atoms with E-state index in [2.05, 4.69) is 31.2 Å². The lowest BCUT2D eigenvalue weighted by atomic mass is 10.4. The first-order chi connectivity index (χ1) is 6.74. The Morgan fingerprint density at radius 1 is 1.36 bits per heavy atom. The van der Waals surface area contributed by atoms with Crippen LogP contribution in [-0.2, 0) is 0 Å². The first kappa shape index (κ1) is 9.42. The van der Waals surface area contributed by atoms with Gasteiger partial charge in [0.1, 0.15) is 5.00 Å². The van der Waals surface area contributed by atoms with Crippen molar-refractivity contribution in [1.29, 1.82) is 0 Å². The van der Waals surface area contributed by atoms with Gasteiger partial charge in [-0.3, -0.25) is 4.98 Å². The predicted octanol–water partition coefficient (Wildman–Crippen LogP) is 2.63. The van der Waals surface area contributed by atoms with Crippen LogP contribution in [-0.4, -0.2) is 9.97 Å². The van der Waals surface area contributed by atoms with E-state index in [0.717, 1.165) is 15.3 Å². The van der Waals surface area contributed by atoms with Gasteiger partial charge in [-0.25, -0.2) is 4.98 Å². The van der Waals surface area contributed by atoms with Gasteiger partial charge < -0.3 is 11.1 Å². The van der Waals surface area contributed by atoms with Gasteiger partial charge in [-0.2, -0.15) is 0 Å². The molecule has 0 aromatic carbocycles. The van der Waals surface area contributed by atoms with Gasteiger partial charge in [0.05, 0.1) is 18.1 Å². The van der Waals surface area contributed by atoms with Crippen LogP contribution >= 0.6 is 27.3 Å². The third-order valence-corrected chi connectivity index (χ3v) is 2.66. The molecule has 72 valence electrons. The van der Waals surface area contributed by atoms with Gasteiger partial charge in [0.2, 0.25) is 0 Å². The second kappa shape index (κ2) is 3.93. The molecule has 0 aliphatic carbocycles. The minimum atomic E-state index is 0.690. The van der Waals surface area contributed by atoms with E-state index in [-0.39, 0.29) is 0 Å². The third kappa shape index (κ3) is 2.21. The highest BCUT2D eigenvalue weighted by atomic mass is 79.9. The van der Waals surface area contributed by atoms with E-state index < -0.39 is 0 Å². The average molecular weight is 271 g/mol. The molecule has 4 nitrogen and oxygen atoms in total. The van der Waals surface area contributed by atoms with Crippen LogP contribution in [0.15, 0.2) is 29.1 Å². The summed E-state index contributed by atoms with van der Waals surface area (Å²) in [6, 6.07) is 1.92. The first-order valence-electron chi connectivity index (χ1n) is 3.83. The maximum atomic E-state index is 5.55. The summed E-state index contributed by atoms with van der Waals surface area (Å²) < 4.78 is 0.923. The Hall–Kier alpha value is -1.14. The van der Waals surface area contributed by atoms with Crippen LogP contribution in [0.5, 0.6) is 0 Å². The quantitative estimate of drug-likeness (QED) is 0.881. The van der Waals surface area contributed by atoms with Crippen LogP contribution in [0.2, 0.25) is 0 Å². The molecular weight excluding hydrogens is 264 g/mol. The Labute approximate surface area is 93.3 Å². The first-order valence-corrected chi connectivity index (χ1v) is 5.44. The van der Waals surface area contributed by atoms with Crippen molar-refractivity contribution < 1.29 is 0 Å². The third-order valence-electron chi connectivity index (χ3n) is 1.48. The van der Waals surface area contributed by atoms with Crippen LogP contribution in [0, 0.1) is 0 Å². The highest BCUT2D eigenvalue weighted by molar-refractivity contribution is 9.10. The minimum Gasteiger partial charge on any atom is -0.389 e. The number of pyridine rings is 1. The van der Waals surface area contributed by atoms with Crippen molar-refractivity contribution in [3.05, 3.63) is 29.1 Å². The summed E-state index contributed by atoms with van der Waals surface area (Å²) >= 11 is 4.74. The second-order valence-corrected chi connectivity index (χ2v) is 4.56. The normalized spacial score (nSPS) is 10.1. The van der Waals surface area contributed by atoms with Crippen LogP contribution in [0.3, 0.4) is 0 Å². The number of aromatic nitrogens is 2. The molecule has 0 fully saturated rings. The Balaban J connectivity index is 2.18. The van der Waals surface area contributed by atoms with Gasteiger partial charge in [-0.15, -0.1) is 0 Å². The zero-order valence-corrected chi connectivity index (χ0v) is 9.47. The van der Waals surface area contributed by atoms with Gasteiger partial charge in [0.25, 0.3) is 0 Å². The number of nitrogen functional groups attached to an aromatic ring is 1. The summed E-state index contributed by atoms with van der Waals surface area (Å²) in [5, 5.41) is 4.56. The maximum Gasteiger partial charge on any atom is 0.189 e. The molecule has 3 N–H and O–H groups in total. The minimum absolute atomic E-state index is 0.690. The number of thiazole rings is 1. The van der Waals surface area contributed by atoms with E-state index in [1.807, 2.05) is 6.07 Å². The van der Waals surface area contributed by atoms with Crippen LogP contribution < -0.4 is 11.1 Å². The monoisotopic (exact) mass is 270 g/mol. The number of nitrogens with two attached hydrogens (primary N) is 1. The molecule has 0 saturated carbocycles. The lowest BCUT2D eigenvalue weighted by Crippen LogP contribution is -1.89. The van der Waals surface area contributed by atoms with Gasteiger partial charge in [-0.05, 0) is 22.0 Å². The highest BCUT2D eigenvalue weighted by Crippen LogP contribution is 2.24. The van der Waals surface area contributed by atoms with E-state index in [1.54, 1.807) is 18.6 Å². The summed E-state index contributed by atoms with van der Waals surface area (Å²) in [5.74, 6) is 0. The van der Waals surface area contributed by atoms with Gasteiger partial charge >= 0.3 is 0 Å². The number of anilines is 3. The van der Waals surface area contributed by atoms with E-state index in [4.69, 9.17) is 5.73 Å². The molecule has 0 saturated heterocycles. The Morgan fingerprint density at radius 3 is 2.86 bits per heavy atom. The standard InChI is InChI=1S/C8H7BrN4S/c9-5-1-6(3-11-2-5)13-8-12-4-7(10)14-8/h1-4H,10H2,(H,12,13). The van der Waals surface area contributed by atoms with Gasteiger partial charge in [-0.1, -0.05) is 11.3 Å². The molecule has 2 rings (SSSR count). The van der Waals surface area contributed by atoms with Crippen LogP contribution in [0.4, 0.5) is 15.8 Å². The largest absolute Gasteiger partial charge is 0.389 e. The summed E-state index contributed by atoms with van der Waals surface area (Å²) in [7, 11) is 0. The average Bonchev–Trinajstić information content (AvgIpc) is 2.51. The Morgan fingerprint density at radius 2 is 2.21 bits per heavy atom. The SMILES string of the molecule is Nc1cnc(Nc2cncc(Br)c2)s1. The summed E-state index contributed by atoms with van der Waals surface area (Å²) in [6.07, 6.45) is 5.07. The van der Waals surface area contributed by atoms with Crippen LogP contribution in [0.25, 0.3) is 0 Å². The number of nitrogens with one attached hydrogen (secondary N) is 1. The molecule has 2 aromatic rings. The molecule has 6 heteroatoms. The molecule has 0 spiro atoms. The molecule has 0 atom stereocenters. The van der Waals surface area contributed by atoms with Crippen molar-refractivity contribution in [2.24, 2.45) is 0 Å². The lowest BCUT2D eigenvalue weighted by Gasteiger charge is -2.00. The topological polar surface area (TPSA) is 63.8 Å². The van der Waals surface area contributed by atoms with Crippen molar-refractivity contribution in [1.82, 2.24) is 9.97 Å². The molecule has 2 aromatic heterocycles. The van der Waals surface area contributed by atoms with Crippen molar-refractivity contribution in [3.8, 4) is 0 Å². The smallest absolute Gasteiger partial charge is 0.189 e. The van der Waals surface area contributed by atoms with Crippen molar-refractivity contribution in [3.63, 3.8) is 0 Å². The van der Waals surface area contributed by atoms with Crippen molar-refractivity contribution in [2.75, 3.05) is 11.1 Å². The molecule has 2 heterocycles. The van der Waals surface area contributed by atoms with Crippen LogP contribution in [0.1, 0.15) is 0 Å². The second-order valence-electron chi connectivity index (χ2n) is 2.58. The molecule has 0 bridgehead atoms. The lowest BCUT2D eigenvalue weighted by molar-refractivity contribution is 1.29. The number of rotatable bonds is 2. The van der Waals surface area contributed by atoms with Gasteiger partial charge in [0.15, 0.2) is 5.13 Å². The summed E-state index contributed by atoms with van der Waals surface area (Å²) in [6.45, 7) is 0. The molecule has 0 aliphatic heterocycles. The Kier molecular flexibility index (Phi) is 2.64. The zero-order valence-electron chi connectivity index (χ0n) is 7.07. The van der Waals surface area contributed by atoms with Crippen molar-refractivity contribution >= 4 is 43.1 Å². The van der Waals surface area contributed by atoms with Gasteiger partial charge in [0, 0.05) is 10.7 Å². The van der Waals surface area contributed by atoms with E-state index in [9.17, 15) is 0 Å². The van der Waals surface area contributed by atoms with E-state index in [1.165, 1.54) is 11.3 Å². The molecular formula is C8H7BrN4S. The molecule has 0 amide bonds. The number of nitrogens with zero attached hydrogens (tertiary/aromatic N) is 2. The summed E-state index contributed by atoms with van der Waals surface area (Å²) in [5.41, 5.74) is 6.44. The maximum absolute atomic E-state index is 5.55. The fraction of sp³-hybridized carbons (Fsp3) is 0. The fourth-order valence-corrected chi connectivity index (χ4v) is 1.92. The molecule has 14 heavy (non-hydrogen) atoms. The molecule has 0 radical (unpaired) electrons. The van der Waals surface area contributed by atoms with Crippen molar-refractivity contribution in [2.45, 2.75) is 0 Å². The summed E-state index contributed by atoms with van der Waals surface area (Å²) in [4.78, 5) is 8.10. The zero-order chi connectivity index (χ0) is 9.97. The molecule has 0 aliphatic rings. The number of hydrogen-bond acceptors (Lipinski definition) is 5. The van der Waals surface area contributed by atoms with E-state index in [0.29, 0.717) is 5.00 Å². The number of hydrogen-bond donors (Lipinski definition) is 2. The predicted molar refractivity (Wildman–Crippen MR) is 61.7 cm³/mol. The highest BCUT2D eigenvalue weighted by Gasteiger charge is 1.99. The Bertz CT molecular complexity index is 442. The fourth-order valence-electron chi connectivity index (χ4n) is 0.948. The number of halogens is 1.